The lowest BCUT2D eigenvalue weighted by Crippen LogP contribution is -2.46. The molecule has 0 unspecified atom stereocenters. The van der Waals surface area contributed by atoms with Gasteiger partial charge in [0.05, 0.1) is 6.61 Å². The van der Waals surface area contributed by atoms with Gasteiger partial charge in [0.25, 0.3) is 0 Å². The predicted molar refractivity (Wildman–Crippen MR) is 88.6 cm³/mol. The zero-order valence-corrected chi connectivity index (χ0v) is 13.0. The zero-order valence-electron chi connectivity index (χ0n) is 12.2. The van der Waals surface area contributed by atoms with E-state index in [4.69, 9.17) is 10.5 Å². The van der Waals surface area contributed by atoms with Gasteiger partial charge in [-0.1, -0.05) is 0 Å². The van der Waals surface area contributed by atoms with E-state index in [1.54, 1.807) is 11.3 Å². The fourth-order valence-electron chi connectivity index (χ4n) is 2.57. The molecule has 2 N–H and O–H groups in total. The highest BCUT2D eigenvalue weighted by molar-refractivity contribution is 7.13. The first-order valence-electron chi connectivity index (χ1n) is 7.19. The first kappa shape index (κ1) is 14.0. The molecule has 5 nitrogen and oxygen atoms in total. The molecule has 1 aromatic heterocycles. The molecule has 21 heavy (non-hydrogen) atoms. The zero-order chi connectivity index (χ0) is 14.7. The van der Waals surface area contributed by atoms with E-state index in [9.17, 15) is 0 Å². The summed E-state index contributed by atoms with van der Waals surface area (Å²) in [6.07, 6.45) is 1.86. The maximum atomic E-state index is 5.98. The Morgan fingerprint density at radius 2 is 1.95 bits per heavy atom. The highest BCUT2D eigenvalue weighted by Gasteiger charge is 2.19. The van der Waals surface area contributed by atoms with Crippen molar-refractivity contribution in [1.29, 1.82) is 0 Å². The fraction of sp³-hybridized carbons (Fsp3) is 0.400. The van der Waals surface area contributed by atoms with Crippen LogP contribution in [0.15, 0.2) is 29.8 Å². The molecule has 6 heteroatoms. The van der Waals surface area contributed by atoms with E-state index >= 15 is 0 Å². The normalized spacial score (nSPS) is 15.3. The van der Waals surface area contributed by atoms with Crippen LogP contribution in [0.1, 0.15) is 6.92 Å². The van der Waals surface area contributed by atoms with Crippen molar-refractivity contribution in [3.8, 4) is 5.75 Å². The van der Waals surface area contributed by atoms with E-state index in [0.29, 0.717) is 6.61 Å². The Bertz CT molecular complexity index is 579. The van der Waals surface area contributed by atoms with Crippen LogP contribution in [0.2, 0.25) is 0 Å². The highest BCUT2D eigenvalue weighted by atomic mass is 32.1. The van der Waals surface area contributed by atoms with Crippen LogP contribution in [-0.4, -0.2) is 37.8 Å². The molecule has 2 heterocycles. The molecule has 2 aromatic rings. The van der Waals surface area contributed by atoms with Crippen molar-refractivity contribution < 1.29 is 4.74 Å². The number of nitrogens with two attached hydrogens (primary N) is 1. The molecule has 0 amide bonds. The summed E-state index contributed by atoms with van der Waals surface area (Å²) in [7, 11) is 0. The van der Waals surface area contributed by atoms with E-state index in [1.165, 1.54) is 0 Å². The largest absolute Gasteiger partial charge is 0.494 e. The smallest absolute Gasteiger partial charge is 0.185 e. The fourth-order valence-corrected chi connectivity index (χ4v) is 3.26. The molecule has 0 spiro atoms. The van der Waals surface area contributed by atoms with Crippen LogP contribution in [0.25, 0.3) is 0 Å². The second-order valence-corrected chi connectivity index (χ2v) is 5.86. The van der Waals surface area contributed by atoms with Crippen molar-refractivity contribution in [3.63, 3.8) is 0 Å². The lowest BCUT2D eigenvalue weighted by Gasteiger charge is -2.36. The van der Waals surface area contributed by atoms with Gasteiger partial charge in [0, 0.05) is 61.3 Å². The summed E-state index contributed by atoms with van der Waals surface area (Å²) in [5.41, 5.74) is 7.86. The maximum Gasteiger partial charge on any atom is 0.185 e. The van der Waals surface area contributed by atoms with Crippen molar-refractivity contribution >= 4 is 27.8 Å². The predicted octanol–water partition coefficient (Wildman–Crippen LogP) is 2.45. The first-order chi connectivity index (χ1) is 10.3. The third-order valence-electron chi connectivity index (χ3n) is 3.56. The van der Waals surface area contributed by atoms with Gasteiger partial charge in [0.2, 0.25) is 0 Å². The van der Waals surface area contributed by atoms with Crippen LogP contribution in [-0.2, 0) is 0 Å². The molecular formula is C15H20N4OS. The minimum Gasteiger partial charge on any atom is -0.494 e. The number of nitrogen functional groups attached to an aromatic ring is 1. The van der Waals surface area contributed by atoms with Gasteiger partial charge in [0.1, 0.15) is 5.75 Å². The Labute approximate surface area is 129 Å². The van der Waals surface area contributed by atoms with E-state index in [-0.39, 0.29) is 0 Å². The first-order valence-corrected chi connectivity index (χ1v) is 8.07. The van der Waals surface area contributed by atoms with Gasteiger partial charge >= 0.3 is 0 Å². The standard InChI is InChI=1S/C15H20N4OS/c1-2-20-14-10-12(16)9-13(11-14)18-4-6-19(7-5-18)15-17-3-8-21-15/h3,8-11H,2,4-7,16H2,1H3. The molecule has 1 aliphatic rings. The number of thiazole rings is 1. The molecule has 0 bridgehead atoms. The van der Waals surface area contributed by atoms with Gasteiger partial charge in [-0.2, -0.15) is 0 Å². The van der Waals surface area contributed by atoms with E-state index in [2.05, 4.69) is 20.9 Å². The van der Waals surface area contributed by atoms with Gasteiger partial charge in [-0.25, -0.2) is 4.98 Å². The number of ether oxygens (including phenoxy) is 1. The molecular weight excluding hydrogens is 284 g/mol. The molecule has 1 aliphatic heterocycles. The SMILES string of the molecule is CCOc1cc(N)cc(N2CCN(c3nccs3)CC2)c1. The van der Waals surface area contributed by atoms with Crippen LogP contribution < -0.4 is 20.3 Å². The summed E-state index contributed by atoms with van der Waals surface area (Å²) in [6, 6.07) is 5.96. The van der Waals surface area contributed by atoms with Crippen LogP contribution in [0.5, 0.6) is 5.75 Å². The van der Waals surface area contributed by atoms with Crippen LogP contribution in [0, 0.1) is 0 Å². The minimum atomic E-state index is 0.653. The third kappa shape index (κ3) is 3.21. The Balaban J connectivity index is 1.69. The number of piperazine rings is 1. The summed E-state index contributed by atoms with van der Waals surface area (Å²) in [4.78, 5) is 9.06. The lowest BCUT2D eigenvalue weighted by molar-refractivity contribution is 0.340. The van der Waals surface area contributed by atoms with E-state index < -0.39 is 0 Å². The second kappa shape index (κ2) is 6.22. The van der Waals surface area contributed by atoms with Gasteiger partial charge in [-0.3, -0.25) is 0 Å². The summed E-state index contributed by atoms with van der Waals surface area (Å²) in [6.45, 7) is 6.53. The summed E-state index contributed by atoms with van der Waals surface area (Å²) in [5.74, 6) is 0.842. The number of rotatable bonds is 4. The number of anilines is 3. The van der Waals surface area contributed by atoms with Crippen molar-refractivity contribution in [3.05, 3.63) is 29.8 Å². The van der Waals surface area contributed by atoms with Crippen molar-refractivity contribution in [2.45, 2.75) is 6.92 Å². The van der Waals surface area contributed by atoms with E-state index in [1.807, 2.05) is 30.6 Å². The van der Waals surface area contributed by atoms with Crippen LogP contribution in [0.3, 0.4) is 0 Å². The van der Waals surface area contributed by atoms with Crippen molar-refractivity contribution in [2.75, 3.05) is 48.3 Å². The topological polar surface area (TPSA) is 54.6 Å². The number of hydrogen-bond acceptors (Lipinski definition) is 6. The molecule has 0 atom stereocenters. The molecule has 112 valence electrons. The molecule has 0 saturated carbocycles. The van der Waals surface area contributed by atoms with Crippen LogP contribution >= 0.6 is 11.3 Å². The Hall–Kier alpha value is -1.95. The van der Waals surface area contributed by atoms with Gasteiger partial charge in [0.15, 0.2) is 5.13 Å². The lowest BCUT2D eigenvalue weighted by atomic mass is 10.2. The number of benzene rings is 1. The molecule has 0 aliphatic carbocycles. The summed E-state index contributed by atoms with van der Waals surface area (Å²) in [5, 5.41) is 3.13. The summed E-state index contributed by atoms with van der Waals surface area (Å²) >= 11 is 1.69. The molecule has 1 fully saturated rings. The average molecular weight is 304 g/mol. The maximum absolute atomic E-state index is 5.98. The molecule has 1 aromatic carbocycles. The van der Waals surface area contributed by atoms with Crippen molar-refractivity contribution in [1.82, 2.24) is 4.98 Å². The Morgan fingerprint density at radius 1 is 1.19 bits per heavy atom. The molecule has 0 radical (unpaired) electrons. The highest BCUT2D eigenvalue weighted by Crippen LogP contribution is 2.27. The number of hydrogen-bond donors (Lipinski definition) is 1. The quantitative estimate of drug-likeness (QED) is 0.879. The third-order valence-corrected chi connectivity index (χ3v) is 4.39. The Kier molecular flexibility index (Phi) is 4.15. The average Bonchev–Trinajstić information content (AvgIpc) is 3.01. The number of nitrogens with zero attached hydrogens (tertiary/aromatic N) is 3. The second-order valence-electron chi connectivity index (χ2n) is 4.98. The van der Waals surface area contributed by atoms with Gasteiger partial charge in [-0.05, 0) is 13.0 Å². The van der Waals surface area contributed by atoms with E-state index in [0.717, 1.165) is 48.4 Å². The monoisotopic (exact) mass is 304 g/mol. The van der Waals surface area contributed by atoms with Gasteiger partial charge in [-0.15, -0.1) is 11.3 Å². The molecule has 3 rings (SSSR count). The van der Waals surface area contributed by atoms with Crippen LogP contribution in [0.4, 0.5) is 16.5 Å². The Morgan fingerprint density at radius 3 is 2.62 bits per heavy atom. The summed E-state index contributed by atoms with van der Waals surface area (Å²) < 4.78 is 5.57. The number of aromatic nitrogens is 1. The van der Waals surface area contributed by atoms with Gasteiger partial charge < -0.3 is 20.3 Å². The van der Waals surface area contributed by atoms with Crippen molar-refractivity contribution in [2.24, 2.45) is 0 Å². The molecule has 1 saturated heterocycles. The minimum absolute atomic E-state index is 0.653.